The van der Waals surface area contributed by atoms with Gasteiger partial charge in [0.15, 0.2) is 0 Å². The summed E-state index contributed by atoms with van der Waals surface area (Å²) in [6.07, 6.45) is 8.04. The number of benzene rings is 3. The van der Waals surface area contributed by atoms with Crippen molar-refractivity contribution in [3.63, 3.8) is 0 Å². The molecule has 0 fully saturated rings. The lowest BCUT2D eigenvalue weighted by Gasteiger charge is -2.30. The van der Waals surface area contributed by atoms with Crippen LogP contribution < -0.4 is 16.0 Å². The van der Waals surface area contributed by atoms with E-state index in [2.05, 4.69) is 40.2 Å². The van der Waals surface area contributed by atoms with E-state index in [4.69, 9.17) is 0 Å². The van der Waals surface area contributed by atoms with Gasteiger partial charge < -0.3 is 16.0 Å². The standard InChI is InChI=1S/C32H33F2N3O/c1-19-10-14-27(33)30(31(19)34)23-11-15-28(36-18-23)25-9-4-6-20(2)32(38)37-29-17-24(35-3)12-13-26(29)22-8-5-7-21(25)16-22/h5,7-8,10-18,20,25,28,35-36H,4,6,9H2,1-3H3,(H,37,38). The number of fused-ring (bicyclic) bond motifs is 4. The Morgan fingerprint density at radius 2 is 1.87 bits per heavy atom. The molecule has 0 spiro atoms. The summed E-state index contributed by atoms with van der Waals surface area (Å²) >= 11 is 0. The molecule has 3 atom stereocenters. The van der Waals surface area contributed by atoms with E-state index in [0.717, 1.165) is 41.8 Å². The van der Waals surface area contributed by atoms with Crippen LogP contribution in [0.2, 0.25) is 0 Å². The molecule has 0 aliphatic carbocycles. The Kier molecular flexibility index (Phi) is 7.32. The minimum atomic E-state index is -0.574. The average Bonchev–Trinajstić information content (AvgIpc) is 2.93. The first-order valence-electron chi connectivity index (χ1n) is 13.2. The number of amides is 1. The molecule has 0 saturated carbocycles. The summed E-state index contributed by atoms with van der Waals surface area (Å²) in [5.41, 5.74) is 5.77. The summed E-state index contributed by atoms with van der Waals surface area (Å²) in [5.74, 6) is -1.11. The van der Waals surface area contributed by atoms with Crippen LogP contribution in [0.15, 0.2) is 72.9 Å². The van der Waals surface area contributed by atoms with Crippen LogP contribution in [0.1, 0.15) is 48.8 Å². The van der Waals surface area contributed by atoms with Crippen molar-refractivity contribution < 1.29 is 13.6 Å². The first-order valence-corrected chi connectivity index (χ1v) is 13.2. The lowest BCUT2D eigenvalue weighted by molar-refractivity contribution is -0.119. The molecule has 2 aliphatic heterocycles. The van der Waals surface area contributed by atoms with Gasteiger partial charge in [-0.2, -0.15) is 0 Å². The van der Waals surface area contributed by atoms with E-state index in [1.807, 2.05) is 44.3 Å². The Morgan fingerprint density at radius 3 is 2.63 bits per heavy atom. The second kappa shape index (κ2) is 10.8. The van der Waals surface area contributed by atoms with Gasteiger partial charge in [0.1, 0.15) is 11.6 Å². The van der Waals surface area contributed by atoms with Gasteiger partial charge in [0.05, 0.1) is 17.3 Å². The highest BCUT2D eigenvalue weighted by atomic mass is 19.1. The van der Waals surface area contributed by atoms with Gasteiger partial charge in [-0.3, -0.25) is 4.79 Å². The molecule has 3 unspecified atom stereocenters. The number of carbonyl (C=O) groups is 1. The van der Waals surface area contributed by atoms with Crippen LogP contribution >= 0.6 is 0 Å². The van der Waals surface area contributed by atoms with Crippen LogP contribution in [-0.2, 0) is 4.79 Å². The van der Waals surface area contributed by atoms with Gasteiger partial charge in [0.25, 0.3) is 0 Å². The predicted octanol–water partition coefficient (Wildman–Crippen LogP) is 7.39. The highest BCUT2D eigenvalue weighted by Gasteiger charge is 2.26. The number of halogens is 2. The fourth-order valence-electron chi connectivity index (χ4n) is 5.40. The molecule has 196 valence electrons. The third kappa shape index (κ3) is 5.08. The van der Waals surface area contributed by atoms with Crippen LogP contribution in [0.5, 0.6) is 0 Å². The molecule has 38 heavy (non-hydrogen) atoms. The van der Waals surface area contributed by atoms with Crippen LogP contribution in [0.25, 0.3) is 16.7 Å². The zero-order valence-electron chi connectivity index (χ0n) is 21.9. The molecule has 4 nitrogen and oxygen atoms in total. The third-order valence-corrected chi connectivity index (χ3v) is 7.71. The molecule has 5 rings (SSSR count). The predicted molar refractivity (Wildman–Crippen MR) is 151 cm³/mol. The van der Waals surface area contributed by atoms with E-state index in [1.165, 1.54) is 17.7 Å². The number of allylic oxidation sites excluding steroid dienone is 2. The monoisotopic (exact) mass is 513 g/mol. The van der Waals surface area contributed by atoms with Crippen molar-refractivity contribution >= 4 is 22.9 Å². The van der Waals surface area contributed by atoms with Gasteiger partial charge in [-0.1, -0.05) is 61.9 Å². The highest BCUT2D eigenvalue weighted by Crippen LogP contribution is 2.37. The van der Waals surface area contributed by atoms with Gasteiger partial charge in [0, 0.05) is 41.9 Å². The number of hydrogen-bond donors (Lipinski definition) is 3. The number of rotatable bonds is 3. The minimum absolute atomic E-state index is 0.00901. The van der Waals surface area contributed by atoms with Gasteiger partial charge in [0.2, 0.25) is 5.91 Å². The van der Waals surface area contributed by atoms with Crippen molar-refractivity contribution in [3.8, 4) is 11.1 Å². The molecule has 3 aromatic carbocycles. The second-order valence-electron chi connectivity index (χ2n) is 10.3. The van der Waals surface area contributed by atoms with Crippen molar-refractivity contribution in [3.05, 3.63) is 101 Å². The molecule has 1 amide bonds. The molecule has 0 radical (unpaired) electrons. The molecule has 3 N–H and O–H groups in total. The topological polar surface area (TPSA) is 53.2 Å². The van der Waals surface area contributed by atoms with Crippen LogP contribution in [0.3, 0.4) is 0 Å². The molecule has 0 saturated heterocycles. The Balaban J connectivity index is 1.50. The van der Waals surface area contributed by atoms with Crippen LogP contribution in [0, 0.1) is 24.5 Å². The molecule has 2 heterocycles. The quantitative estimate of drug-likeness (QED) is 0.342. The summed E-state index contributed by atoms with van der Waals surface area (Å²) in [5, 5.41) is 9.72. The lowest BCUT2D eigenvalue weighted by atomic mass is 9.83. The summed E-state index contributed by atoms with van der Waals surface area (Å²) < 4.78 is 29.3. The molecule has 6 heteroatoms. The number of aryl methyl sites for hydroxylation is 1. The van der Waals surface area contributed by atoms with E-state index >= 15 is 0 Å². The molecule has 3 aromatic rings. The maximum atomic E-state index is 14.8. The Labute approximate surface area is 222 Å². The van der Waals surface area contributed by atoms with Crippen molar-refractivity contribution in [1.29, 1.82) is 0 Å². The Hall–Kier alpha value is -3.93. The van der Waals surface area contributed by atoms with E-state index in [1.54, 1.807) is 13.1 Å². The zero-order valence-corrected chi connectivity index (χ0v) is 21.9. The summed E-state index contributed by atoms with van der Waals surface area (Å²) in [4.78, 5) is 13.0. The molecule has 2 bridgehead atoms. The van der Waals surface area contributed by atoms with E-state index in [9.17, 15) is 13.6 Å². The highest BCUT2D eigenvalue weighted by molar-refractivity contribution is 5.97. The van der Waals surface area contributed by atoms with Crippen LogP contribution in [0.4, 0.5) is 20.2 Å². The fraction of sp³-hybridized carbons (Fsp3) is 0.281. The van der Waals surface area contributed by atoms with Crippen molar-refractivity contribution in [2.24, 2.45) is 5.92 Å². The number of anilines is 2. The van der Waals surface area contributed by atoms with E-state index in [0.29, 0.717) is 11.1 Å². The summed E-state index contributed by atoms with van der Waals surface area (Å²) in [7, 11) is 1.86. The first-order chi connectivity index (χ1) is 18.4. The van der Waals surface area contributed by atoms with Crippen molar-refractivity contribution in [2.75, 3.05) is 17.7 Å². The van der Waals surface area contributed by atoms with E-state index in [-0.39, 0.29) is 29.3 Å². The zero-order chi connectivity index (χ0) is 26.8. The van der Waals surface area contributed by atoms with E-state index < -0.39 is 11.6 Å². The molecular weight excluding hydrogens is 480 g/mol. The summed E-state index contributed by atoms with van der Waals surface area (Å²) in [6, 6.07) is 17.2. The summed E-state index contributed by atoms with van der Waals surface area (Å²) in [6.45, 7) is 3.61. The minimum Gasteiger partial charge on any atom is -0.388 e. The first kappa shape index (κ1) is 25.7. The van der Waals surface area contributed by atoms with Crippen molar-refractivity contribution in [1.82, 2.24) is 5.32 Å². The average molecular weight is 514 g/mol. The maximum absolute atomic E-state index is 14.8. The lowest BCUT2D eigenvalue weighted by Crippen LogP contribution is -2.32. The molecule has 0 aromatic heterocycles. The van der Waals surface area contributed by atoms with Crippen LogP contribution in [-0.4, -0.2) is 19.0 Å². The third-order valence-electron chi connectivity index (χ3n) is 7.71. The largest absolute Gasteiger partial charge is 0.388 e. The molecule has 2 aliphatic rings. The molecular formula is C32H33F2N3O. The Morgan fingerprint density at radius 1 is 1.03 bits per heavy atom. The van der Waals surface area contributed by atoms with Crippen molar-refractivity contribution in [2.45, 2.75) is 45.1 Å². The normalized spacial score (nSPS) is 21.2. The number of dihydropyridines is 1. The van der Waals surface area contributed by atoms with Gasteiger partial charge in [-0.25, -0.2) is 8.78 Å². The smallest absolute Gasteiger partial charge is 0.227 e. The fourth-order valence-corrected chi connectivity index (χ4v) is 5.40. The number of nitrogens with one attached hydrogen (secondary N) is 3. The Bertz CT molecular complexity index is 1430. The number of hydrogen-bond acceptors (Lipinski definition) is 3. The maximum Gasteiger partial charge on any atom is 0.227 e. The van der Waals surface area contributed by atoms with Gasteiger partial charge in [-0.15, -0.1) is 0 Å². The SMILES string of the molecule is CNc1ccc2c(c1)NC(=O)C(C)CCCC(C1C=CC(c3c(F)ccc(C)c3F)=CN1)c1cccc-2c1. The second-order valence-corrected chi connectivity index (χ2v) is 10.3. The van der Waals surface area contributed by atoms with Gasteiger partial charge in [-0.05, 0) is 54.7 Å². The van der Waals surface area contributed by atoms with Gasteiger partial charge >= 0.3 is 0 Å². The number of carbonyl (C=O) groups excluding carboxylic acids is 1.